The van der Waals surface area contributed by atoms with E-state index in [0.717, 1.165) is 15.6 Å². The summed E-state index contributed by atoms with van der Waals surface area (Å²) in [6, 6.07) is 9.27. The monoisotopic (exact) mass is 405 g/mol. The van der Waals surface area contributed by atoms with Crippen LogP contribution in [0.3, 0.4) is 0 Å². The maximum Gasteiger partial charge on any atom is 0.248 e. The molecule has 0 spiro atoms. The third kappa shape index (κ3) is 4.76. The van der Waals surface area contributed by atoms with E-state index in [2.05, 4.69) is 21.2 Å². The predicted molar refractivity (Wildman–Crippen MR) is 103 cm³/mol. The molecule has 25 heavy (non-hydrogen) atoms. The number of hydrogen-bond acceptors (Lipinski definition) is 4. The first kappa shape index (κ1) is 18.9. The van der Waals surface area contributed by atoms with Crippen molar-refractivity contribution in [3.8, 4) is 17.2 Å². The van der Waals surface area contributed by atoms with Crippen molar-refractivity contribution >= 4 is 33.6 Å². The van der Waals surface area contributed by atoms with Crippen molar-refractivity contribution in [3.05, 3.63) is 52.0 Å². The summed E-state index contributed by atoms with van der Waals surface area (Å²) in [7, 11) is 4.64. The lowest BCUT2D eigenvalue weighted by Gasteiger charge is -2.12. The zero-order valence-corrected chi connectivity index (χ0v) is 16.1. The topological polar surface area (TPSA) is 56.8 Å². The van der Waals surface area contributed by atoms with Crippen molar-refractivity contribution in [3.63, 3.8) is 0 Å². The Labute approximate surface area is 155 Å². The molecule has 2 aromatic rings. The lowest BCUT2D eigenvalue weighted by molar-refractivity contribution is -0.111. The van der Waals surface area contributed by atoms with Gasteiger partial charge in [0.05, 0.1) is 27.0 Å². The van der Waals surface area contributed by atoms with E-state index in [1.807, 2.05) is 25.1 Å². The quantitative estimate of drug-likeness (QED) is 0.721. The van der Waals surface area contributed by atoms with Gasteiger partial charge in [0.1, 0.15) is 0 Å². The van der Waals surface area contributed by atoms with E-state index in [-0.39, 0.29) is 5.91 Å². The highest BCUT2D eigenvalue weighted by Gasteiger charge is 2.12. The molecule has 0 unspecified atom stereocenters. The first-order chi connectivity index (χ1) is 12.0. The van der Waals surface area contributed by atoms with Gasteiger partial charge in [-0.05, 0) is 64.3 Å². The summed E-state index contributed by atoms with van der Waals surface area (Å²) in [5, 5.41) is 2.83. The molecule has 6 heteroatoms. The van der Waals surface area contributed by atoms with Gasteiger partial charge in [-0.1, -0.05) is 6.07 Å². The van der Waals surface area contributed by atoms with Gasteiger partial charge in [-0.3, -0.25) is 4.79 Å². The SMILES string of the molecule is COc1cc(/C=C/C(=O)Nc2ccc(C)cc2Br)cc(OC)c1OC. The second-order valence-corrected chi connectivity index (χ2v) is 6.12. The zero-order valence-electron chi connectivity index (χ0n) is 14.6. The van der Waals surface area contributed by atoms with Gasteiger partial charge in [0.2, 0.25) is 11.7 Å². The summed E-state index contributed by atoms with van der Waals surface area (Å²) in [5.74, 6) is 1.33. The van der Waals surface area contributed by atoms with Gasteiger partial charge in [-0.25, -0.2) is 0 Å². The fourth-order valence-electron chi connectivity index (χ4n) is 2.27. The fourth-order valence-corrected chi connectivity index (χ4v) is 2.86. The van der Waals surface area contributed by atoms with Gasteiger partial charge in [0.15, 0.2) is 11.5 Å². The van der Waals surface area contributed by atoms with Crippen LogP contribution in [0.4, 0.5) is 5.69 Å². The van der Waals surface area contributed by atoms with Crippen molar-refractivity contribution in [2.75, 3.05) is 26.6 Å². The Kier molecular flexibility index (Phi) is 6.47. The average Bonchev–Trinajstić information content (AvgIpc) is 2.61. The van der Waals surface area contributed by atoms with Crippen molar-refractivity contribution < 1.29 is 19.0 Å². The molecule has 0 aliphatic carbocycles. The van der Waals surface area contributed by atoms with E-state index in [1.165, 1.54) is 6.08 Å². The minimum Gasteiger partial charge on any atom is -0.493 e. The van der Waals surface area contributed by atoms with Crippen LogP contribution in [0.5, 0.6) is 17.2 Å². The number of halogens is 1. The Morgan fingerprint density at radius 2 is 1.68 bits per heavy atom. The molecule has 1 amide bonds. The predicted octanol–water partition coefficient (Wildman–Crippen LogP) is 4.44. The Morgan fingerprint density at radius 3 is 2.20 bits per heavy atom. The van der Waals surface area contributed by atoms with Crippen LogP contribution in [-0.2, 0) is 4.79 Å². The fraction of sp³-hybridized carbons (Fsp3) is 0.211. The number of amides is 1. The molecule has 0 aliphatic rings. The highest BCUT2D eigenvalue weighted by molar-refractivity contribution is 9.10. The van der Waals surface area contributed by atoms with Crippen LogP contribution in [0, 0.1) is 6.92 Å². The Bertz CT molecular complexity index is 777. The number of anilines is 1. The van der Waals surface area contributed by atoms with Gasteiger partial charge in [0, 0.05) is 10.5 Å². The molecule has 132 valence electrons. The van der Waals surface area contributed by atoms with E-state index in [4.69, 9.17) is 14.2 Å². The van der Waals surface area contributed by atoms with Crippen LogP contribution in [0.15, 0.2) is 40.9 Å². The second kappa shape index (κ2) is 8.58. The number of methoxy groups -OCH3 is 3. The van der Waals surface area contributed by atoms with Crippen molar-refractivity contribution in [1.29, 1.82) is 0 Å². The summed E-state index contributed by atoms with van der Waals surface area (Å²) in [6.07, 6.45) is 3.13. The highest BCUT2D eigenvalue weighted by Crippen LogP contribution is 2.38. The molecule has 0 atom stereocenters. The Hall–Kier alpha value is -2.47. The number of rotatable bonds is 6. The molecule has 5 nitrogen and oxygen atoms in total. The number of ether oxygens (including phenoxy) is 3. The number of carbonyl (C=O) groups is 1. The smallest absolute Gasteiger partial charge is 0.248 e. The number of nitrogens with one attached hydrogen (secondary N) is 1. The van der Waals surface area contributed by atoms with Gasteiger partial charge < -0.3 is 19.5 Å². The van der Waals surface area contributed by atoms with E-state index >= 15 is 0 Å². The molecule has 2 aromatic carbocycles. The van der Waals surface area contributed by atoms with Crippen LogP contribution in [0.25, 0.3) is 6.08 Å². The molecule has 0 aromatic heterocycles. The Morgan fingerprint density at radius 1 is 1.04 bits per heavy atom. The average molecular weight is 406 g/mol. The molecular formula is C19H20BrNO4. The number of hydrogen-bond donors (Lipinski definition) is 1. The minimum absolute atomic E-state index is 0.238. The zero-order chi connectivity index (χ0) is 18.4. The molecule has 0 bridgehead atoms. The largest absolute Gasteiger partial charge is 0.493 e. The third-order valence-corrected chi connectivity index (χ3v) is 4.15. The summed E-state index contributed by atoms with van der Waals surface area (Å²) in [4.78, 5) is 12.1. The molecule has 0 fully saturated rings. The molecule has 0 saturated heterocycles. The molecule has 0 heterocycles. The van der Waals surface area contributed by atoms with Gasteiger partial charge in [-0.2, -0.15) is 0 Å². The van der Waals surface area contributed by atoms with Crippen molar-refractivity contribution in [2.45, 2.75) is 6.92 Å². The number of carbonyl (C=O) groups excluding carboxylic acids is 1. The molecule has 0 saturated carbocycles. The second-order valence-electron chi connectivity index (χ2n) is 5.26. The highest BCUT2D eigenvalue weighted by atomic mass is 79.9. The van der Waals surface area contributed by atoms with Crippen LogP contribution < -0.4 is 19.5 Å². The van der Waals surface area contributed by atoms with Crippen LogP contribution in [0.2, 0.25) is 0 Å². The minimum atomic E-state index is -0.238. The van der Waals surface area contributed by atoms with Crippen LogP contribution >= 0.6 is 15.9 Å². The Balaban J connectivity index is 2.19. The normalized spacial score (nSPS) is 10.6. The van der Waals surface area contributed by atoms with E-state index in [9.17, 15) is 4.79 Å². The standard InChI is InChI=1S/C19H20BrNO4/c1-12-5-7-15(14(20)9-12)21-18(22)8-6-13-10-16(23-2)19(25-4)17(11-13)24-3/h5-11H,1-4H3,(H,21,22)/b8-6+. The number of benzene rings is 2. The molecular weight excluding hydrogens is 386 g/mol. The lowest BCUT2D eigenvalue weighted by atomic mass is 10.1. The van der Waals surface area contributed by atoms with Gasteiger partial charge in [0.25, 0.3) is 0 Å². The van der Waals surface area contributed by atoms with Crippen LogP contribution in [-0.4, -0.2) is 27.2 Å². The molecule has 1 N–H and O–H groups in total. The first-order valence-corrected chi connectivity index (χ1v) is 8.33. The van der Waals surface area contributed by atoms with Crippen molar-refractivity contribution in [1.82, 2.24) is 0 Å². The maximum absolute atomic E-state index is 12.1. The maximum atomic E-state index is 12.1. The summed E-state index contributed by atoms with van der Waals surface area (Å²) in [6.45, 7) is 1.99. The molecule has 2 rings (SSSR count). The van der Waals surface area contributed by atoms with Gasteiger partial charge >= 0.3 is 0 Å². The first-order valence-electron chi connectivity index (χ1n) is 7.53. The lowest BCUT2D eigenvalue weighted by Crippen LogP contribution is -2.08. The van der Waals surface area contributed by atoms with E-state index < -0.39 is 0 Å². The molecule has 0 aliphatic heterocycles. The van der Waals surface area contributed by atoms with E-state index in [1.54, 1.807) is 39.5 Å². The summed E-state index contributed by atoms with van der Waals surface area (Å²) >= 11 is 3.44. The van der Waals surface area contributed by atoms with Gasteiger partial charge in [-0.15, -0.1) is 0 Å². The third-order valence-electron chi connectivity index (χ3n) is 3.50. The van der Waals surface area contributed by atoms with E-state index in [0.29, 0.717) is 22.9 Å². The summed E-state index contributed by atoms with van der Waals surface area (Å²) < 4.78 is 16.7. The van der Waals surface area contributed by atoms with Crippen LogP contribution in [0.1, 0.15) is 11.1 Å². The van der Waals surface area contributed by atoms with Crippen molar-refractivity contribution in [2.24, 2.45) is 0 Å². The molecule has 0 radical (unpaired) electrons. The summed E-state index contributed by atoms with van der Waals surface area (Å²) in [5.41, 5.74) is 2.58. The number of aryl methyl sites for hydroxylation is 1.